The first-order valence-electron chi connectivity index (χ1n) is 6.86. The van der Waals surface area contributed by atoms with Gasteiger partial charge in [0.2, 0.25) is 0 Å². The van der Waals surface area contributed by atoms with E-state index in [9.17, 15) is 4.79 Å². The standard InChI is InChI=1S/C17H19NO4/c1-12-9-15(20-2)16(21-3)10-13(12)11-18-17(19)22-14-7-5-4-6-8-14/h4-10H,11H2,1-3H3,(H,18,19). The number of rotatable bonds is 5. The average Bonchev–Trinajstić information content (AvgIpc) is 2.54. The first kappa shape index (κ1) is 15.7. The highest BCUT2D eigenvalue weighted by molar-refractivity contribution is 5.70. The fraction of sp³-hybridized carbons (Fsp3) is 0.235. The smallest absolute Gasteiger partial charge is 0.412 e. The van der Waals surface area contributed by atoms with Crippen LogP contribution in [0.15, 0.2) is 42.5 Å². The third-order valence-corrected chi connectivity index (χ3v) is 3.22. The lowest BCUT2D eigenvalue weighted by molar-refractivity contribution is 0.200. The molecule has 0 saturated heterocycles. The maximum absolute atomic E-state index is 11.8. The Hall–Kier alpha value is -2.69. The number of benzene rings is 2. The van der Waals surface area contributed by atoms with E-state index in [1.165, 1.54) is 0 Å². The van der Waals surface area contributed by atoms with E-state index in [4.69, 9.17) is 14.2 Å². The quantitative estimate of drug-likeness (QED) is 0.920. The Labute approximate surface area is 129 Å². The second-order valence-corrected chi connectivity index (χ2v) is 4.69. The molecule has 22 heavy (non-hydrogen) atoms. The number of para-hydroxylation sites is 1. The lowest BCUT2D eigenvalue weighted by Gasteiger charge is -2.13. The summed E-state index contributed by atoms with van der Waals surface area (Å²) in [4.78, 5) is 11.8. The van der Waals surface area contributed by atoms with Crippen LogP contribution in [0.2, 0.25) is 0 Å². The third kappa shape index (κ3) is 3.91. The molecule has 0 heterocycles. The van der Waals surface area contributed by atoms with E-state index >= 15 is 0 Å². The van der Waals surface area contributed by atoms with Crippen molar-refractivity contribution >= 4 is 6.09 Å². The van der Waals surface area contributed by atoms with Crippen molar-refractivity contribution in [2.45, 2.75) is 13.5 Å². The van der Waals surface area contributed by atoms with Crippen molar-refractivity contribution in [3.05, 3.63) is 53.6 Å². The van der Waals surface area contributed by atoms with Crippen molar-refractivity contribution in [1.82, 2.24) is 5.32 Å². The van der Waals surface area contributed by atoms with Crippen LogP contribution in [-0.2, 0) is 6.54 Å². The van der Waals surface area contributed by atoms with Crippen LogP contribution >= 0.6 is 0 Å². The maximum atomic E-state index is 11.8. The molecule has 0 aliphatic carbocycles. The molecule has 0 atom stereocenters. The molecule has 0 aliphatic rings. The van der Waals surface area contributed by atoms with E-state index in [0.717, 1.165) is 11.1 Å². The first-order chi connectivity index (χ1) is 10.6. The van der Waals surface area contributed by atoms with Crippen LogP contribution in [-0.4, -0.2) is 20.3 Å². The minimum atomic E-state index is -0.500. The van der Waals surface area contributed by atoms with Crippen molar-refractivity contribution in [1.29, 1.82) is 0 Å². The number of methoxy groups -OCH3 is 2. The van der Waals surface area contributed by atoms with Crippen LogP contribution in [0.5, 0.6) is 17.2 Å². The first-order valence-corrected chi connectivity index (χ1v) is 6.86. The maximum Gasteiger partial charge on any atom is 0.412 e. The van der Waals surface area contributed by atoms with E-state index in [-0.39, 0.29) is 0 Å². The highest BCUT2D eigenvalue weighted by Gasteiger charge is 2.10. The Balaban J connectivity index is 2.00. The van der Waals surface area contributed by atoms with Crippen molar-refractivity contribution in [3.8, 4) is 17.2 Å². The molecule has 0 fully saturated rings. The van der Waals surface area contributed by atoms with Crippen molar-refractivity contribution in [2.24, 2.45) is 0 Å². The molecule has 0 spiro atoms. The van der Waals surface area contributed by atoms with Gasteiger partial charge < -0.3 is 19.5 Å². The van der Waals surface area contributed by atoms with Gasteiger partial charge in [-0.2, -0.15) is 0 Å². The molecule has 0 unspecified atom stereocenters. The summed E-state index contributed by atoms with van der Waals surface area (Å²) in [5.74, 6) is 1.79. The molecule has 1 amide bonds. The van der Waals surface area contributed by atoms with Crippen LogP contribution in [0.4, 0.5) is 4.79 Å². The van der Waals surface area contributed by atoms with Gasteiger partial charge in [0.25, 0.3) is 0 Å². The van der Waals surface area contributed by atoms with Gasteiger partial charge in [0.1, 0.15) is 5.75 Å². The van der Waals surface area contributed by atoms with Gasteiger partial charge in [-0.05, 0) is 42.3 Å². The van der Waals surface area contributed by atoms with E-state index in [0.29, 0.717) is 23.8 Å². The van der Waals surface area contributed by atoms with Gasteiger partial charge in [0.15, 0.2) is 11.5 Å². The molecule has 2 aromatic carbocycles. The molecule has 2 rings (SSSR count). The molecule has 116 valence electrons. The lowest BCUT2D eigenvalue weighted by atomic mass is 10.1. The van der Waals surface area contributed by atoms with Crippen molar-refractivity contribution in [2.75, 3.05) is 14.2 Å². The van der Waals surface area contributed by atoms with Gasteiger partial charge in [-0.15, -0.1) is 0 Å². The number of nitrogens with one attached hydrogen (secondary N) is 1. The van der Waals surface area contributed by atoms with Crippen LogP contribution in [0.3, 0.4) is 0 Å². The fourth-order valence-electron chi connectivity index (χ4n) is 2.01. The average molecular weight is 301 g/mol. The van der Waals surface area contributed by atoms with E-state index in [1.54, 1.807) is 38.5 Å². The molecule has 0 radical (unpaired) electrons. The molecule has 5 nitrogen and oxygen atoms in total. The number of amides is 1. The molecule has 2 aromatic rings. The number of ether oxygens (including phenoxy) is 3. The molecule has 1 N–H and O–H groups in total. The van der Waals surface area contributed by atoms with E-state index in [2.05, 4.69) is 5.32 Å². The highest BCUT2D eigenvalue weighted by atomic mass is 16.6. The Morgan fingerprint density at radius 1 is 1.05 bits per heavy atom. The number of carbonyl (C=O) groups is 1. The van der Waals surface area contributed by atoms with Gasteiger partial charge in [-0.1, -0.05) is 18.2 Å². The Kier molecular flexibility index (Phi) is 5.25. The molecule has 0 aromatic heterocycles. The summed E-state index contributed by atoms with van der Waals surface area (Å²) in [5.41, 5.74) is 1.93. The summed E-state index contributed by atoms with van der Waals surface area (Å²) < 4.78 is 15.7. The third-order valence-electron chi connectivity index (χ3n) is 3.22. The van der Waals surface area contributed by atoms with Gasteiger partial charge in [-0.25, -0.2) is 4.79 Å². The van der Waals surface area contributed by atoms with Crippen LogP contribution in [0, 0.1) is 6.92 Å². The summed E-state index contributed by atoms with van der Waals surface area (Å²) >= 11 is 0. The lowest BCUT2D eigenvalue weighted by Crippen LogP contribution is -2.26. The highest BCUT2D eigenvalue weighted by Crippen LogP contribution is 2.30. The Bertz CT molecular complexity index is 641. The fourth-order valence-corrected chi connectivity index (χ4v) is 2.01. The summed E-state index contributed by atoms with van der Waals surface area (Å²) in [5, 5.41) is 2.72. The van der Waals surface area contributed by atoms with E-state index in [1.807, 2.05) is 25.1 Å². The minimum Gasteiger partial charge on any atom is -0.493 e. The Morgan fingerprint density at radius 3 is 2.32 bits per heavy atom. The van der Waals surface area contributed by atoms with Crippen LogP contribution < -0.4 is 19.5 Å². The molecule has 0 aliphatic heterocycles. The summed E-state index contributed by atoms with van der Waals surface area (Å²) in [6.07, 6.45) is -0.500. The zero-order valence-electron chi connectivity index (χ0n) is 12.9. The molecular weight excluding hydrogens is 282 g/mol. The molecule has 5 heteroatoms. The number of aryl methyl sites for hydroxylation is 1. The van der Waals surface area contributed by atoms with Crippen molar-refractivity contribution < 1.29 is 19.0 Å². The van der Waals surface area contributed by atoms with E-state index < -0.39 is 6.09 Å². The molecular formula is C17H19NO4. The number of hydrogen-bond acceptors (Lipinski definition) is 4. The van der Waals surface area contributed by atoms with Crippen molar-refractivity contribution in [3.63, 3.8) is 0 Å². The summed E-state index contributed by atoms with van der Waals surface area (Å²) in [6, 6.07) is 12.6. The minimum absolute atomic E-state index is 0.345. The second-order valence-electron chi connectivity index (χ2n) is 4.69. The molecule has 0 bridgehead atoms. The van der Waals surface area contributed by atoms with Gasteiger partial charge in [0.05, 0.1) is 14.2 Å². The van der Waals surface area contributed by atoms with Gasteiger partial charge in [-0.3, -0.25) is 0 Å². The predicted octanol–water partition coefficient (Wildman–Crippen LogP) is 3.30. The summed E-state index contributed by atoms with van der Waals surface area (Å²) in [7, 11) is 3.17. The SMILES string of the molecule is COc1cc(C)c(CNC(=O)Oc2ccccc2)cc1OC. The zero-order chi connectivity index (χ0) is 15.9. The summed E-state index contributed by atoms with van der Waals surface area (Å²) in [6.45, 7) is 2.29. The monoisotopic (exact) mass is 301 g/mol. The predicted molar refractivity (Wildman–Crippen MR) is 83.6 cm³/mol. The topological polar surface area (TPSA) is 56.8 Å². The number of carbonyl (C=O) groups excluding carboxylic acids is 1. The normalized spacial score (nSPS) is 9.95. The number of hydrogen-bond donors (Lipinski definition) is 1. The Morgan fingerprint density at radius 2 is 1.68 bits per heavy atom. The second kappa shape index (κ2) is 7.36. The zero-order valence-corrected chi connectivity index (χ0v) is 12.9. The van der Waals surface area contributed by atoms with Crippen LogP contribution in [0.1, 0.15) is 11.1 Å². The molecule has 0 saturated carbocycles. The van der Waals surface area contributed by atoms with Crippen LogP contribution in [0.25, 0.3) is 0 Å². The van der Waals surface area contributed by atoms with Gasteiger partial charge >= 0.3 is 6.09 Å². The van der Waals surface area contributed by atoms with Gasteiger partial charge in [0, 0.05) is 6.54 Å². The largest absolute Gasteiger partial charge is 0.493 e.